The van der Waals surface area contributed by atoms with Crippen molar-refractivity contribution in [1.82, 2.24) is 0 Å². The van der Waals surface area contributed by atoms with Gasteiger partial charge in [0.2, 0.25) is 0 Å². The van der Waals surface area contributed by atoms with Crippen molar-refractivity contribution >= 4 is 28.9 Å². The summed E-state index contributed by atoms with van der Waals surface area (Å²) < 4.78 is 13.2. The summed E-state index contributed by atoms with van der Waals surface area (Å²) in [7, 11) is 0. The highest BCUT2D eigenvalue weighted by Crippen LogP contribution is 2.39. The number of hydrogen-bond donors (Lipinski definition) is 1. The minimum atomic E-state index is -0.167. The molecule has 0 amide bonds. The Morgan fingerprint density at radius 3 is 2.55 bits per heavy atom. The zero-order valence-corrected chi connectivity index (χ0v) is 12.3. The Kier molecular flexibility index (Phi) is 3.86. The average Bonchev–Trinajstić information content (AvgIpc) is 2.35. The van der Waals surface area contributed by atoms with Gasteiger partial charge >= 0.3 is 0 Å². The van der Waals surface area contributed by atoms with Gasteiger partial charge in [0.15, 0.2) is 0 Å². The van der Waals surface area contributed by atoms with Gasteiger partial charge in [0.1, 0.15) is 5.82 Å². The lowest BCUT2D eigenvalue weighted by Gasteiger charge is -2.37. The van der Waals surface area contributed by atoms with Gasteiger partial charge in [0, 0.05) is 11.1 Å². The molecular formula is C16H14Cl2FN. The van der Waals surface area contributed by atoms with E-state index in [0.717, 1.165) is 24.1 Å². The third-order valence-electron chi connectivity index (χ3n) is 3.75. The Labute approximate surface area is 127 Å². The zero-order valence-electron chi connectivity index (χ0n) is 10.7. The van der Waals surface area contributed by atoms with Crippen LogP contribution in [0.2, 0.25) is 10.0 Å². The van der Waals surface area contributed by atoms with Gasteiger partial charge < -0.3 is 5.32 Å². The van der Waals surface area contributed by atoms with Crippen molar-refractivity contribution < 1.29 is 4.39 Å². The third kappa shape index (κ3) is 2.92. The first kappa shape index (κ1) is 13.7. The van der Waals surface area contributed by atoms with E-state index in [9.17, 15) is 4.39 Å². The molecule has 2 aromatic rings. The van der Waals surface area contributed by atoms with Crippen LogP contribution in [0.1, 0.15) is 24.3 Å². The van der Waals surface area contributed by atoms with Crippen LogP contribution in [0.15, 0.2) is 42.5 Å². The molecule has 4 heteroatoms. The fourth-order valence-electron chi connectivity index (χ4n) is 2.59. The number of rotatable bonds is 3. The van der Waals surface area contributed by atoms with Crippen LogP contribution >= 0.6 is 23.2 Å². The number of benzene rings is 2. The van der Waals surface area contributed by atoms with Gasteiger partial charge in [-0.1, -0.05) is 35.3 Å². The van der Waals surface area contributed by atoms with E-state index in [-0.39, 0.29) is 5.82 Å². The summed E-state index contributed by atoms with van der Waals surface area (Å²) in [5.74, 6) is 0.258. The lowest BCUT2D eigenvalue weighted by Crippen LogP contribution is -2.34. The van der Waals surface area contributed by atoms with Gasteiger partial charge in [-0.3, -0.25) is 0 Å². The maximum atomic E-state index is 13.2. The summed E-state index contributed by atoms with van der Waals surface area (Å²) in [5, 5.41) is 4.67. The molecule has 2 aromatic carbocycles. The Hall–Kier alpha value is -1.25. The van der Waals surface area contributed by atoms with Crippen LogP contribution in [-0.4, -0.2) is 6.04 Å². The Bertz CT molecular complexity index is 624. The van der Waals surface area contributed by atoms with Gasteiger partial charge in [0.05, 0.1) is 10.7 Å². The molecule has 0 atom stereocenters. The van der Waals surface area contributed by atoms with E-state index in [1.165, 1.54) is 6.07 Å². The van der Waals surface area contributed by atoms with Crippen molar-refractivity contribution in [3.8, 4) is 0 Å². The highest BCUT2D eigenvalue weighted by atomic mass is 35.5. The first-order valence-electron chi connectivity index (χ1n) is 6.59. The topological polar surface area (TPSA) is 12.0 Å². The molecule has 0 saturated heterocycles. The summed E-state index contributed by atoms with van der Waals surface area (Å²) in [5.41, 5.74) is 1.98. The molecule has 1 N–H and O–H groups in total. The van der Waals surface area contributed by atoms with Crippen LogP contribution < -0.4 is 5.32 Å². The van der Waals surface area contributed by atoms with Crippen LogP contribution in [0.25, 0.3) is 0 Å². The summed E-state index contributed by atoms with van der Waals surface area (Å²) in [4.78, 5) is 0. The monoisotopic (exact) mass is 309 g/mol. The molecule has 1 aliphatic rings. The highest BCUT2D eigenvalue weighted by Gasteiger charge is 2.30. The molecule has 1 saturated carbocycles. The fraction of sp³-hybridized carbons (Fsp3) is 0.250. The average molecular weight is 310 g/mol. The highest BCUT2D eigenvalue weighted by molar-refractivity contribution is 6.36. The lowest BCUT2D eigenvalue weighted by molar-refractivity contribution is 0.373. The van der Waals surface area contributed by atoms with Gasteiger partial charge in [0.25, 0.3) is 0 Å². The van der Waals surface area contributed by atoms with Crippen LogP contribution in [0, 0.1) is 5.82 Å². The van der Waals surface area contributed by atoms with Crippen LogP contribution in [0.5, 0.6) is 0 Å². The van der Waals surface area contributed by atoms with Crippen molar-refractivity contribution in [3.63, 3.8) is 0 Å². The van der Waals surface area contributed by atoms with Crippen LogP contribution in [0.3, 0.4) is 0 Å². The minimum Gasteiger partial charge on any atom is -0.381 e. The van der Waals surface area contributed by atoms with Crippen LogP contribution in [0.4, 0.5) is 10.1 Å². The molecule has 0 aliphatic heterocycles. The lowest BCUT2D eigenvalue weighted by atomic mass is 9.76. The molecule has 20 heavy (non-hydrogen) atoms. The quantitative estimate of drug-likeness (QED) is 0.790. The molecule has 0 unspecified atom stereocenters. The molecule has 1 aliphatic carbocycles. The smallest absolute Gasteiger partial charge is 0.123 e. The molecule has 0 radical (unpaired) electrons. The Balaban J connectivity index is 1.61. The predicted molar refractivity (Wildman–Crippen MR) is 82.2 cm³/mol. The second kappa shape index (κ2) is 5.63. The molecule has 104 valence electrons. The summed E-state index contributed by atoms with van der Waals surface area (Å²) in [6.45, 7) is 0. The molecule has 0 bridgehead atoms. The molecule has 1 nitrogen and oxygen atoms in total. The number of hydrogen-bond acceptors (Lipinski definition) is 1. The summed E-state index contributed by atoms with van der Waals surface area (Å²) >= 11 is 12.0. The van der Waals surface area contributed by atoms with E-state index in [1.807, 2.05) is 18.2 Å². The van der Waals surface area contributed by atoms with Crippen molar-refractivity contribution in [2.75, 3.05) is 5.32 Å². The van der Waals surface area contributed by atoms with Crippen molar-refractivity contribution in [2.45, 2.75) is 24.8 Å². The van der Waals surface area contributed by atoms with E-state index < -0.39 is 0 Å². The van der Waals surface area contributed by atoms with Crippen LogP contribution in [-0.2, 0) is 0 Å². The molecule has 3 rings (SSSR count). The van der Waals surface area contributed by atoms with Gasteiger partial charge in [-0.15, -0.1) is 0 Å². The minimum absolute atomic E-state index is 0.167. The summed E-state index contributed by atoms with van der Waals surface area (Å²) in [6.07, 6.45) is 1.98. The van der Waals surface area contributed by atoms with Crippen molar-refractivity contribution in [3.05, 3.63) is 63.9 Å². The van der Waals surface area contributed by atoms with Crippen molar-refractivity contribution in [2.24, 2.45) is 0 Å². The molecule has 0 spiro atoms. The molecular weight excluding hydrogens is 296 g/mol. The first-order valence-corrected chi connectivity index (χ1v) is 7.34. The first-order chi connectivity index (χ1) is 9.61. The van der Waals surface area contributed by atoms with Gasteiger partial charge in [-0.2, -0.15) is 0 Å². The van der Waals surface area contributed by atoms with E-state index in [4.69, 9.17) is 23.2 Å². The second-order valence-electron chi connectivity index (χ2n) is 5.19. The predicted octanol–water partition coefficient (Wildman–Crippen LogP) is 5.49. The standard InChI is InChI=1S/C16H14Cl2FN/c17-12-4-5-16(15(18)9-12)20-14-7-11(8-14)10-2-1-3-13(19)6-10/h1-6,9,11,14,20H,7-8H2. The largest absolute Gasteiger partial charge is 0.381 e. The van der Waals surface area contributed by atoms with Gasteiger partial charge in [-0.05, 0) is 54.7 Å². The van der Waals surface area contributed by atoms with Gasteiger partial charge in [-0.25, -0.2) is 4.39 Å². The van der Waals surface area contributed by atoms with E-state index in [2.05, 4.69) is 5.32 Å². The third-order valence-corrected chi connectivity index (χ3v) is 4.30. The summed E-state index contributed by atoms with van der Waals surface area (Å²) in [6, 6.07) is 12.7. The number of halogens is 3. The fourth-order valence-corrected chi connectivity index (χ4v) is 3.06. The van der Waals surface area contributed by atoms with E-state index in [1.54, 1.807) is 18.2 Å². The molecule has 0 heterocycles. The molecule has 0 aromatic heterocycles. The Morgan fingerprint density at radius 1 is 1.05 bits per heavy atom. The zero-order chi connectivity index (χ0) is 14.1. The maximum absolute atomic E-state index is 13.2. The maximum Gasteiger partial charge on any atom is 0.123 e. The van der Waals surface area contributed by atoms with Crippen molar-refractivity contribution in [1.29, 1.82) is 0 Å². The SMILES string of the molecule is Fc1cccc(C2CC(Nc3ccc(Cl)cc3Cl)C2)c1. The second-order valence-corrected chi connectivity index (χ2v) is 6.03. The number of nitrogens with one attached hydrogen (secondary N) is 1. The number of anilines is 1. The molecule has 1 fully saturated rings. The van der Waals surface area contributed by atoms with E-state index in [0.29, 0.717) is 22.0 Å². The normalized spacial score (nSPS) is 21.4. The Morgan fingerprint density at radius 2 is 1.85 bits per heavy atom. The van der Waals surface area contributed by atoms with E-state index >= 15 is 0 Å².